The first-order chi connectivity index (χ1) is 15.1. The number of nitrogens with one attached hydrogen (secondary N) is 1. The van der Waals surface area contributed by atoms with Crippen molar-refractivity contribution in [1.29, 1.82) is 0 Å². The Kier molecular flexibility index (Phi) is 6.06. The zero-order valence-electron chi connectivity index (χ0n) is 17.4. The smallest absolute Gasteiger partial charge is 0.271 e. The molecule has 0 saturated carbocycles. The van der Waals surface area contributed by atoms with E-state index in [4.69, 9.17) is 9.47 Å². The largest absolute Gasteiger partial charge is 0.496 e. The Bertz CT molecular complexity index is 1090. The molecular formula is C23H23FN4O3. The van der Waals surface area contributed by atoms with Crippen LogP contribution in [0.3, 0.4) is 0 Å². The molecule has 1 atom stereocenters. The number of amides is 1. The molecule has 0 aliphatic heterocycles. The van der Waals surface area contributed by atoms with Gasteiger partial charge in [0, 0.05) is 29.4 Å². The second-order valence-corrected chi connectivity index (χ2v) is 7.23. The van der Waals surface area contributed by atoms with E-state index in [1.54, 1.807) is 31.6 Å². The minimum Gasteiger partial charge on any atom is -0.496 e. The van der Waals surface area contributed by atoms with E-state index in [1.807, 2.05) is 13.0 Å². The Balaban J connectivity index is 1.48. The average molecular weight is 422 g/mol. The minimum absolute atomic E-state index is 0.195. The Morgan fingerprint density at radius 2 is 2.06 bits per heavy atom. The molecule has 1 aliphatic rings. The summed E-state index contributed by atoms with van der Waals surface area (Å²) in [6.07, 6.45) is 6.35. The fourth-order valence-corrected chi connectivity index (χ4v) is 3.76. The summed E-state index contributed by atoms with van der Waals surface area (Å²) in [5, 5.41) is 2.96. The number of ether oxygens (including phenoxy) is 2. The van der Waals surface area contributed by atoms with Crippen LogP contribution in [-0.2, 0) is 12.8 Å². The number of benzene rings is 1. The molecule has 160 valence electrons. The van der Waals surface area contributed by atoms with E-state index in [1.165, 1.54) is 12.3 Å². The normalized spacial score (nSPS) is 15.1. The Morgan fingerprint density at radius 3 is 2.81 bits per heavy atom. The molecule has 0 spiro atoms. The van der Waals surface area contributed by atoms with Crippen LogP contribution in [0.4, 0.5) is 4.39 Å². The van der Waals surface area contributed by atoms with Crippen molar-refractivity contribution < 1.29 is 18.7 Å². The van der Waals surface area contributed by atoms with E-state index >= 15 is 0 Å². The summed E-state index contributed by atoms with van der Waals surface area (Å²) in [4.78, 5) is 25.6. The van der Waals surface area contributed by atoms with Gasteiger partial charge in [-0.05, 0) is 49.9 Å². The number of pyridine rings is 1. The fraction of sp³-hybridized carbons (Fsp3) is 0.304. The van der Waals surface area contributed by atoms with Crippen LogP contribution in [0.1, 0.15) is 35.0 Å². The van der Waals surface area contributed by atoms with Crippen molar-refractivity contribution in [3.8, 4) is 22.9 Å². The summed E-state index contributed by atoms with van der Waals surface area (Å²) < 4.78 is 25.0. The Hall–Kier alpha value is -3.55. The second-order valence-electron chi connectivity index (χ2n) is 7.23. The highest BCUT2D eigenvalue weighted by molar-refractivity contribution is 5.92. The summed E-state index contributed by atoms with van der Waals surface area (Å²) in [7, 11) is 1.58. The Morgan fingerprint density at radius 1 is 1.19 bits per heavy atom. The molecule has 31 heavy (non-hydrogen) atoms. The van der Waals surface area contributed by atoms with Crippen LogP contribution in [-0.4, -0.2) is 40.6 Å². The van der Waals surface area contributed by atoms with Gasteiger partial charge >= 0.3 is 0 Å². The first-order valence-electron chi connectivity index (χ1n) is 10.2. The number of carbonyl (C=O) groups excluding carboxylic acids is 1. The van der Waals surface area contributed by atoms with Crippen molar-refractivity contribution in [3.63, 3.8) is 0 Å². The van der Waals surface area contributed by atoms with Crippen LogP contribution >= 0.6 is 0 Å². The van der Waals surface area contributed by atoms with E-state index in [0.29, 0.717) is 48.8 Å². The second kappa shape index (κ2) is 9.07. The van der Waals surface area contributed by atoms with Gasteiger partial charge in [0.05, 0.1) is 31.8 Å². The van der Waals surface area contributed by atoms with Crippen molar-refractivity contribution in [2.45, 2.75) is 32.2 Å². The first-order valence-corrected chi connectivity index (χ1v) is 10.2. The first kappa shape index (κ1) is 20.7. The highest BCUT2D eigenvalue weighted by atomic mass is 19.1. The third kappa shape index (κ3) is 4.47. The van der Waals surface area contributed by atoms with Gasteiger partial charge in [-0.2, -0.15) is 0 Å². The zero-order valence-corrected chi connectivity index (χ0v) is 17.4. The molecule has 1 N–H and O–H groups in total. The molecule has 8 heteroatoms. The molecule has 1 amide bonds. The maximum absolute atomic E-state index is 14.3. The van der Waals surface area contributed by atoms with E-state index in [0.717, 1.165) is 11.1 Å². The molecule has 0 saturated heterocycles. The standard InChI is InChI=1S/C23H23FN4O3/c1-3-31-22-9-4-14(11-26-22)19-12-25-13-20(28-19)23(29)27-15-5-6-16-17(10-15)18(24)7-8-21(16)30-2/h4,7-9,11-13,15H,3,5-6,10H2,1-2H3,(H,27,29). The number of rotatable bonds is 6. The topological polar surface area (TPSA) is 86.2 Å². The van der Waals surface area contributed by atoms with Gasteiger partial charge in [0.25, 0.3) is 5.91 Å². The molecule has 4 rings (SSSR count). The minimum atomic E-state index is -0.343. The molecule has 1 aromatic carbocycles. The number of methoxy groups -OCH3 is 1. The molecule has 2 aromatic heterocycles. The summed E-state index contributed by atoms with van der Waals surface area (Å²) in [5.74, 6) is 0.586. The number of aromatic nitrogens is 3. The number of hydrogen-bond donors (Lipinski definition) is 1. The average Bonchev–Trinajstić information content (AvgIpc) is 2.80. The number of fused-ring (bicyclic) bond motifs is 1. The van der Waals surface area contributed by atoms with Crippen LogP contribution in [0.5, 0.6) is 11.6 Å². The van der Waals surface area contributed by atoms with Gasteiger partial charge in [0.2, 0.25) is 5.88 Å². The van der Waals surface area contributed by atoms with Gasteiger partial charge < -0.3 is 14.8 Å². The summed E-state index contributed by atoms with van der Waals surface area (Å²) in [5.41, 5.74) is 2.93. The maximum Gasteiger partial charge on any atom is 0.271 e. The van der Waals surface area contributed by atoms with Gasteiger partial charge in [-0.15, -0.1) is 0 Å². The molecule has 2 heterocycles. The van der Waals surface area contributed by atoms with Gasteiger partial charge in [-0.1, -0.05) is 0 Å². The zero-order chi connectivity index (χ0) is 21.8. The molecule has 0 radical (unpaired) electrons. The monoisotopic (exact) mass is 422 g/mol. The van der Waals surface area contributed by atoms with Crippen molar-refractivity contribution in [1.82, 2.24) is 20.3 Å². The molecule has 7 nitrogen and oxygen atoms in total. The lowest BCUT2D eigenvalue weighted by atomic mass is 9.87. The molecular weight excluding hydrogens is 399 g/mol. The molecule has 0 fully saturated rings. The Labute approximate surface area is 179 Å². The molecule has 3 aromatic rings. The SMILES string of the molecule is CCOc1ccc(-c2cncc(C(=O)NC3CCc4c(OC)ccc(F)c4C3)n2)cn1. The van der Waals surface area contributed by atoms with Gasteiger partial charge in [-0.3, -0.25) is 9.78 Å². The van der Waals surface area contributed by atoms with Crippen LogP contribution in [0.15, 0.2) is 42.9 Å². The van der Waals surface area contributed by atoms with E-state index in [-0.39, 0.29) is 23.5 Å². The van der Waals surface area contributed by atoms with Gasteiger partial charge in [0.1, 0.15) is 17.3 Å². The number of halogens is 1. The van der Waals surface area contributed by atoms with Crippen LogP contribution in [0.2, 0.25) is 0 Å². The third-order valence-electron chi connectivity index (χ3n) is 5.27. The summed E-state index contributed by atoms with van der Waals surface area (Å²) >= 11 is 0. The third-order valence-corrected chi connectivity index (χ3v) is 5.27. The predicted octanol–water partition coefficient (Wildman–Crippen LogP) is 3.37. The highest BCUT2D eigenvalue weighted by Gasteiger charge is 2.26. The van der Waals surface area contributed by atoms with Crippen molar-refractivity contribution in [2.24, 2.45) is 0 Å². The molecule has 1 aliphatic carbocycles. The van der Waals surface area contributed by atoms with Crippen molar-refractivity contribution in [2.75, 3.05) is 13.7 Å². The highest BCUT2D eigenvalue weighted by Crippen LogP contribution is 2.31. The van der Waals surface area contributed by atoms with Crippen molar-refractivity contribution >= 4 is 5.91 Å². The molecule has 0 bridgehead atoms. The van der Waals surface area contributed by atoms with Gasteiger partial charge in [0.15, 0.2) is 0 Å². The fourth-order valence-electron chi connectivity index (χ4n) is 3.76. The lowest BCUT2D eigenvalue weighted by Crippen LogP contribution is -2.39. The number of nitrogens with zero attached hydrogens (tertiary/aromatic N) is 3. The van der Waals surface area contributed by atoms with E-state index < -0.39 is 0 Å². The van der Waals surface area contributed by atoms with Crippen LogP contribution in [0, 0.1) is 5.82 Å². The van der Waals surface area contributed by atoms with Crippen LogP contribution in [0.25, 0.3) is 11.3 Å². The number of hydrogen-bond acceptors (Lipinski definition) is 6. The summed E-state index contributed by atoms with van der Waals surface area (Å²) in [6.45, 7) is 2.42. The molecule has 1 unspecified atom stereocenters. The predicted molar refractivity (Wildman–Crippen MR) is 113 cm³/mol. The lowest BCUT2D eigenvalue weighted by molar-refractivity contribution is 0.0928. The quantitative estimate of drug-likeness (QED) is 0.656. The van der Waals surface area contributed by atoms with Gasteiger partial charge in [-0.25, -0.2) is 14.4 Å². The van der Waals surface area contributed by atoms with E-state index in [2.05, 4.69) is 20.3 Å². The van der Waals surface area contributed by atoms with E-state index in [9.17, 15) is 9.18 Å². The number of carbonyl (C=O) groups is 1. The maximum atomic E-state index is 14.3. The summed E-state index contributed by atoms with van der Waals surface area (Å²) in [6, 6.07) is 6.42. The lowest BCUT2D eigenvalue weighted by Gasteiger charge is -2.27. The van der Waals surface area contributed by atoms with Crippen molar-refractivity contribution in [3.05, 3.63) is 65.5 Å². The van der Waals surface area contributed by atoms with Crippen LogP contribution < -0.4 is 14.8 Å².